The fourth-order valence-electron chi connectivity index (χ4n) is 3.15. The van der Waals surface area contributed by atoms with E-state index in [9.17, 15) is 9.59 Å². The second-order valence-electron chi connectivity index (χ2n) is 6.01. The Morgan fingerprint density at radius 1 is 1.19 bits per heavy atom. The van der Waals surface area contributed by atoms with Crippen LogP contribution < -0.4 is 11.1 Å². The van der Waals surface area contributed by atoms with Crippen molar-refractivity contribution in [2.24, 2.45) is 0 Å². The van der Waals surface area contributed by atoms with Crippen LogP contribution in [0.15, 0.2) is 21.7 Å². The Hall–Kier alpha value is -1.88. The Bertz CT molecular complexity index is 775. The number of hydrogen-bond donors (Lipinski definition) is 2. The highest BCUT2D eigenvalue weighted by molar-refractivity contribution is 5.78. The second-order valence-corrected chi connectivity index (χ2v) is 6.01. The molecule has 0 saturated carbocycles. The minimum absolute atomic E-state index is 0.558. The van der Waals surface area contributed by atoms with Crippen LogP contribution in [0.2, 0.25) is 0 Å². The van der Waals surface area contributed by atoms with Crippen molar-refractivity contribution in [3.63, 3.8) is 0 Å². The molecule has 3 rings (SSSR count). The lowest BCUT2D eigenvalue weighted by molar-refractivity contribution is 0.153. The molecule has 1 saturated heterocycles. The topological polar surface area (TPSA) is 69.0 Å². The maximum absolute atomic E-state index is 11.6. The van der Waals surface area contributed by atoms with E-state index in [0.717, 1.165) is 29.7 Å². The Kier molecular flexibility index (Phi) is 3.68. The third-order valence-corrected chi connectivity index (χ3v) is 4.54. The number of hydrogen-bond acceptors (Lipinski definition) is 3. The maximum atomic E-state index is 11.6. The Morgan fingerprint density at radius 2 is 1.95 bits per heavy atom. The van der Waals surface area contributed by atoms with Gasteiger partial charge in [0.15, 0.2) is 0 Å². The van der Waals surface area contributed by atoms with Crippen molar-refractivity contribution in [3.05, 3.63) is 44.0 Å². The highest BCUT2D eigenvalue weighted by Gasteiger charge is 2.20. The van der Waals surface area contributed by atoms with Crippen molar-refractivity contribution in [1.82, 2.24) is 14.9 Å². The zero-order chi connectivity index (χ0) is 15.0. The highest BCUT2D eigenvalue weighted by Crippen LogP contribution is 2.24. The molecular weight excluding hydrogens is 266 g/mol. The van der Waals surface area contributed by atoms with Gasteiger partial charge in [0.05, 0.1) is 11.0 Å². The van der Waals surface area contributed by atoms with E-state index in [1.807, 2.05) is 19.1 Å². The summed E-state index contributed by atoms with van der Waals surface area (Å²) in [5.41, 5.74) is 2.53. The van der Waals surface area contributed by atoms with Crippen LogP contribution >= 0.6 is 0 Å². The maximum Gasteiger partial charge on any atom is 0.314 e. The molecule has 1 aromatic carbocycles. The van der Waals surface area contributed by atoms with Crippen molar-refractivity contribution in [1.29, 1.82) is 0 Å². The van der Waals surface area contributed by atoms with Gasteiger partial charge >= 0.3 is 11.1 Å². The van der Waals surface area contributed by atoms with E-state index in [-0.39, 0.29) is 0 Å². The van der Waals surface area contributed by atoms with Crippen LogP contribution in [0.5, 0.6) is 0 Å². The Morgan fingerprint density at radius 3 is 2.71 bits per heavy atom. The first kappa shape index (κ1) is 14.1. The lowest BCUT2D eigenvalue weighted by Crippen LogP contribution is -2.37. The number of aromatic amines is 2. The molecule has 5 heteroatoms. The summed E-state index contributed by atoms with van der Waals surface area (Å²) in [5.74, 6) is 0. The van der Waals surface area contributed by atoms with Crippen LogP contribution in [0.4, 0.5) is 0 Å². The molecule has 0 bridgehead atoms. The zero-order valence-corrected chi connectivity index (χ0v) is 12.5. The zero-order valence-electron chi connectivity index (χ0n) is 12.5. The predicted octanol–water partition coefficient (Wildman–Crippen LogP) is 1.90. The molecule has 5 nitrogen and oxygen atoms in total. The molecule has 1 aliphatic rings. The van der Waals surface area contributed by atoms with Crippen molar-refractivity contribution >= 4 is 11.0 Å². The monoisotopic (exact) mass is 287 g/mol. The molecule has 2 N–H and O–H groups in total. The molecule has 0 spiro atoms. The predicted molar refractivity (Wildman–Crippen MR) is 83.6 cm³/mol. The van der Waals surface area contributed by atoms with Gasteiger partial charge in [-0.1, -0.05) is 12.5 Å². The van der Waals surface area contributed by atoms with Gasteiger partial charge < -0.3 is 9.97 Å². The minimum Gasteiger partial charge on any atom is -0.316 e. The number of benzene rings is 1. The van der Waals surface area contributed by atoms with E-state index in [1.165, 1.54) is 19.3 Å². The molecule has 1 aliphatic heterocycles. The fraction of sp³-hybridized carbons (Fsp3) is 0.500. The minimum atomic E-state index is -0.594. The van der Waals surface area contributed by atoms with Crippen LogP contribution in [-0.2, 0) is 6.54 Å². The normalized spacial score (nSPS) is 20.0. The van der Waals surface area contributed by atoms with Gasteiger partial charge in [-0.2, -0.15) is 0 Å². The molecule has 0 radical (unpaired) electrons. The molecular formula is C16H21N3O2. The van der Waals surface area contributed by atoms with Crippen LogP contribution in [0, 0.1) is 6.92 Å². The van der Waals surface area contributed by atoms with E-state index >= 15 is 0 Å². The molecule has 1 unspecified atom stereocenters. The van der Waals surface area contributed by atoms with Gasteiger partial charge in [-0.05, 0) is 50.4 Å². The van der Waals surface area contributed by atoms with E-state index in [1.54, 1.807) is 0 Å². The first-order valence-electron chi connectivity index (χ1n) is 7.55. The van der Waals surface area contributed by atoms with E-state index in [4.69, 9.17) is 0 Å². The largest absolute Gasteiger partial charge is 0.316 e. The number of rotatable bonds is 2. The number of likely N-dealkylation sites (tertiary alicyclic amines) is 1. The van der Waals surface area contributed by atoms with Crippen LogP contribution in [0.25, 0.3) is 11.0 Å². The molecule has 1 aromatic heterocycles. The summed E-state index contributed by atoms with van der Waals surface area (Å²) in [7, 11) is 0. The smallest absolute Gasteiger partial charge is 0.314 e. The van der Waals surface area contributed by atoms with Crippen molar-refractivity contribution in [2.45, 2.75) is 45.7 Å². The van der Waals surface area contributed by atoms with E-state index in [2.05, 4.69) is 21.8 Å². The first-order valence-corrected chi connectivity index (χ1v) is 7.55. The number of aromatic nitrogens is 2. The summed E-state index contributed by atoms with van der Waals surface area (Å²) in [6.45, 7) is 6.20. The van der Waals surface area contributed by atoms with Crippen molar-refractivity contribution in [2.75, 3.05) is 6.54 Å². The molecule has 1 fully saturated rings. The van der Waals surface area contributed by atoms with Crippen LogP contribution in [0.1, 0.15) is 37.3 Å². The highest BCUT2D eigenvalue weighted by atomic mass is 16.2. The quantitative estimate of drug-likeness (QED) is 0.829. The Labute approximate surface area is 123 Å². The van der Waals surface area contributed by atoms with E-state index in [0.29, 0.717) is 11.6 Å². The third-order valence-electron chi connectivity index (χ3n) is 4.54. The molecule has 2 heterocycles. The molecule has 1 atom stereocenters. The standard InChI is InChI=1S/C16H21N3O2/c1-10-6-7-13-14(18-16(21)15(20)17-13)12(10)9-19-8-4-3-5-11(19)2/h6-7,11H,3-5,8-9H2,1-2H3,(H,17,20)(H,18,21). The van der Waals surface area contributed by atoms with Gasteiger partial charge in [-0.15, -0.1) is 0 Å². The summed E-state index contributed by atoms with van der Waals surface area (Å²) >= 11 is 0. The van der Waals surface area contributed by atoms with Crippen molar-refractivity contribution in [3.8, 4) is 0 Å². The molecule has 0 amide bonds. The van der Waals surface area contributed by atoms with Crippen LogP contribution in [0.3, 0.4) is 0 Å². The lowest BCUT2D eigenvalue weighted by Gasteiger charge is -2.33. The van der Waals surface area contributed by atoms with Crippen molar-refractivity contribution < 1.29 is 0 Å². The SMILES string of the molecule is Cc1ccc2[nH]c(=O)c(=O)[nH]c2c1CN1CCCCC1C. The van der Waals surface area contributed by atoms with Gasteiger partial charge in [-0.3, -0.25) is 14.5 Å². The Balaban J connectivity index is 2.08. The summed E-state index contributed by atoms with van der Waals surface area (Å²) in [4.78, 5) is 31.0. The number of H-pyrrole nitrogens is 2. The number of nitrogens with zero attached hydrogens (tertiary/aromatic N) is 1. The van der Waals surface area contributed by atoms with Gasteiger partial charge in [0, 0.05) is 12.6 Å². The second kappa shape index (κ2) is 5.48. The summed E-state index contributed by atoms with van der Waals surface area (Å²) in [6.07, 6.45) is 3.73. The summed E-state index contributed by atoms with van der Waals surface area (Å²) < 4.78 is 0. The van der Waals surface area contributed by atoms with Gasteiger partial charge in [0.2, 0.25) is 0 Å². The fourth-order valence-corrected chi connectivity index (χ4v) is 3.15. The molecule has 21 heavy (non-hydrogen) atoms. The average molecular weight is 287 g/mol. The summed E-state index contributed by atoms with van der Waals surface area (Å²) in [6, 6.07) is 4.41. The van der Waals surface area contributed by atoms with Crippen LogP contribution in [-0.4, -0.2) is 27.5 Å². The average Bonchev–Trinajstić information content (AvgIpc) is 2.46. The molecule has 0 aliphatic carbocycles. The molecule has 112 valence electrons. The third kappa shape index (κ3) is 2.65. The number of fused-ring (bicyclic) bond motifs is 1. The number of aryl methyl sites for hydroxylation is 1. The van der Waals surface area contributed by atoms with Gasteiger partial charge in [0.25, 0.3) is 0 Å². The number of nitrogens with one attached hydrogen (secondary N) is 2. The summed E-state index contributed by atoms with van der Waals surface area (Å²) in [5, 5.41) is 0. The van der Waals surface area contributed by atoms with E-state index < -0.39 is 11.1 Å². The lowest BCUT2D eigenvalue weighted by atomic mass is 10.0. The van der Waals surface area contributed by atoms with Gasteiger partial charge in [-0.25, -0.2) is 0 Å². The first-order chi connectivity index (χ1) is 10.1. The number of piperidine rings is 1. The molecule has 2 aromatic rings. The van der Waals surface area contributed by atoms with Gasteiger partial charge in [0.1, 0.15) is 0 Å².